The standard InChI is InChI=1S/C24H25F2NO3/c1-29-22-9-6-15(13-23(22)30-20-4-2-3-5-20)18-11-17(24(28)27-14-18)10-16-12-19(25)7-8-21(16)26/h6-10,12-13,18,20H,2-5,11,14H2,1H3,(H,27,28)/b17-10+/t18-/m1/s1. The maximum atomic E-state index is 14.0. The van der Waals surface area contributed by atoms with Crippen molar-refractivity contribution >= 4 is 12.0 Å². The molecule has 4 nitrogen and oxygen atoms in total. The number of carbonyl (C=O) groups excluding carboxylic acids is 1. The third-order valence-corrected chi connectivity index (χ3v) is 5.81. The Morgan fingerprint density at radius 3 is 2.63 bits per heavy atom. The summed E-state index contributed by atoms with van der Waals surface area (Å²) in [6.45, 7) is 0.469. The predicted octanol–water partition coefficient (Wildman–Crippen LogP) is 4.98. The first-order valence-corrected chi connectivity index (χ1v) is 10.3. The van der Waals surface area contributed by atoms with Crippen LogP contribution in [0.4, 0.5) is 8.78 Å². The van der Waals surface area contributed by atoms with Crippen LogP contribution in [0.5, 0.6) is 11.5 Å². The number of amides is 1. The smallest absolute Gasteiger partial charge is 0.247 e. The van der Waals surface area contributed by atoms with Crippen LogP contribution >= 0.6 is 0 Å². The van der Waals surface area contributed by atoms with Gasteiger partial charge in [-0.25, -0.2) is 8.78 Å². The summed E-state index contributed by atoms with van der Waals surface area (Å²) >= 11 is 0. The van der Waals surface area contributed by atoms with Crippen LogP contribution in [0.25, 0.3) is 6.08 Å². The summed E-state index contributed by atoms with van der Waals surface area (Å²) in [7, 11) is 1.62. The minimum absolute atomic E-state index is 0.00223. The monoisotopic (exact) mass is 413 g/mol. The van der Waals surface area contributed by atoms with E-state index in [0.29, 0.717) is 30.0 Å². The van der Waals surface area contributed by atoms with Gasteiger partial charge in [0, 0.05) is 23.6 Å². The van der Waals surface area contributed by atoms with E-state index in [2.05, 4.69) is 5.32 Å². The van der Waals surface area contributed by atoms with E-state index in [0.717, 1.165) is 36.6 Å². The van der Waals surface area contributed by atoms with Crippen LogP contribution in [0, 0.1) is 11.6 Å². The van der Waals surface area contributed by atoms with Crippen molar-refractivity contribution in [1.29, 1.82) is 0 Å². The molecular formula is C24H25F2NO3. The minimum atomic E-state index is -0.560. The molecule has 2 aromatic rings. The zero-order chi connectivity index (χ0) is 21.1. The molecule has 2 aromatic carbocycles. The van der Waals surface area contributed by atoms with Crippen LogP contribution in [-0.4, -0.2) is 25.7 Å². The summed E-state index contributed by atoms with van der Waals surface area (Å²) in [5.74, 6) is 0.0345. The molecule has 0 unspecified atom stereocenters. The summed E-state index contributed by atoms with van der Waals surface area (Å²) < 4.78 is 39.2. The number of benzene rings is 2. The van der Waals surface area contributed by atoms with E-state index < -0.39 is 11.6 Å². The van der Waals surface area contributed by atoms with Gasteiger partial charge in [-0.2, -0.15) is 0 Å². The lowest BCUT2D eigenvalue weighted by Crippen LogP contribution is -2.35. The Morgan fingerprint density at radius 1 is 1.07 bits per heavy atom. The number of ether oxygens (including phenoxy) is 2. The molecule has 158 valence electrons. The number of rotatable bonds is 5. The van der Waals surface area contributed by atoms with Gasteiger partial charge in [0.2, 0.25) is 5.91 Å². The first-order chi connectivity index (χ1) is 14.5. The van der Waals surface area contributed by atoms with Crippen LogP contribution in [0.2, 0.25) is 0 Å². The number of hydrogen-bond acceptors (Lipinski definition) is 3. The lowest BCUT2D eigenvalue weighted by molar-refractivity contribution is -0.118. The summed E-state index contributed by atoms with van der Waals surface area (Å²) in [5.41, 5.74) is 1.50. The Morgan fingerprint density at radius 2 is 1.87 bits per heavy atom. The fourth-order valence-electron chi connectivity index (χ4n) is 4.16. The molecule has 0 radical (unpaired) electrons. The highest BCUT2D eigenvalue weighted by Gasteiger charge is 2.26. The molecule has 1 saturated carbocycles. The lowest BCUT2D eigenvalue weighted by atomic mass is 9.87. The fourth-order valence-corrected chi connectivity index (χ4v) is 4.16. The van der Waals surface area contributed by atoms with Crippen molar-refractivity contribution in [2.45, 2.75) is 44.1 Å². The van der Waals surface area contributed by atoms with Crippen molar-refractivity contribution in [3.63, 3.8) is 0 Å². The second kappa shape index (κ2) is 8.86. The molecule has 2 fully saturated rings. The molecule has 1 atom stereocenters. The van der Waals surface area contributed by atoms with Gasteiger partial charge in [0.05, 0.1) is 13.2 Å². The molecule has 30 heavy (non-hydrogen) atoms. The lowest BCUT2D eigenvalue weighted by Gasteiger charge is -2.26. The average molecular weight is 413 g/mol. The van der Waals surface area contributed by atoms with E-state index >= 15 is 0 Å². The second-order valence-corrected chi connectivity index (χ2v) is 7.88. The van der Waals surface area contributed by atoms with Crippen molar-refractivity contribution < 1.29 is 23.0 Å². The van der Waals surface area contributed by atoms with Gasteiger partial charge in [-0.3, -0.25) is 4.79 Å². The average Bonchev–Trinajstić information content (AvgIpc) is 3.25. The first kappa shape index (κ1) is 20.4. The molecule has 1 aliphatic heterocycles. The molecule has 6 heteroatoms. The molecule has 0 bridgehead atoms. The van der Waals surface area contributed by atoms with Crippen LogP contribution in [-0.2, 0) is 4.79 Å². The van der Waals surface area contributed by atoms with E-state index in [1.165, 1.54) is 18.9 Å². The summed E-state index contributed by atoms with van der Waals surface area (Å²) in [6, 6.07) is 9.04. The van der Waals surface area contributed by atoms with Gasteiger partial charge in [-0.15, -0.1) is 0 Å². The molecule has 0 aromatic heterocycles. The Hall–Kier alpha value is -2.89. The SMILES string of the molecule is COc1ccc([C@H]2CNC(=O)/C(=C/c3cc(F)ccc3F)C2)cc1OC1CCCC1. The van der Waals surface area contributed by atoms with Crippen LogP contribution in [0.1, 0.15) is 49.1 Å². The van der Waals surface area contributed by atoms with Crippen LogP contribution in [0.3, 0.4) is 0 Å². The van der Waals surface area contributed by atoms with Gasteiger partial charge in [0.25, 0.3) is 0 Å². The fraction of sp³-hybridized carbons (Fsp3) is 0.375. The normalized spacial score (nSPS) is 21.0. The highest BCUT2D eigenvalue weighted by molar-refractivity contribution is 5.98. The largest absolute Gasteiger partial charge is 0.493 e. The molecule has 1 aliphatic carbocycles. The van der Waals surface area contributed by atoms with Gasteiger partial charge in [-0.05, 0) is 74.1 Å². The van der Waals surface area contributed by atoms with Crippen molar-refractivity contribution in [2.75, 3.05) is 13.7 Å². The van der Waals surface area contributed by atoms with E-state index in [9.17, 15) is 13.6 Å². The van der Waals surface area contributed by atoms with Crippen molar-refractivity contribution in [1.82, 2.24) is 5.32 Å². The molecule has 1 saturated heterocycles. The molecule has 1 amide bonds. The molecule has 0 spiro atoms. The number of piperidine rings is 1. The number of methoxy groups -OCH3 is 1. The second-order valence-electron chi connectivity index (χ2n) is 7.88. The van der Waals surface area contributed by atoms with Crippen molar-refractivity contribution in [3.8, 4) is 11.5 Å². The summed E-state index contributed by atoms with van der Waals surface area (Å²) in [6.07, 6.45) is 6.48. The maximum Gasteiger partial charge on any atom is 0.247 e. The Bertz CT molecular complexity index is 967. The highest BCUT2D eigenvalue weighted by Crippen LogP contribution is 2.36. The van der Waals surface area contributed by atoms with Gasteiger partial charge in [0.1, 0.15) is 11.6 Å². The third-order valence-electron chi connectivity index (χ3n) is 5.81. The molecular weight excluding hydrogens is 388 g/mol. The van der Waals surface area contributed by atoms with Crippen LogP contribution < -0.4 is 14.8 Å². The van der Waals surface area contributed by atoms with Gasteiger partial charge < -0.3 is 14.8 Å². The highest BCUT2D eigenvalue weighted by atomic mass is 19.1. The third kappa shape index (κ3) is 4.48. The summed E-state index contributed by atoms with van der Waals surface area (Å²) in [5, 5.41) is 2.86. The quantitative estimate of drug-likeness (QED) is 0.703. The first-order valence-electron chi connectivity index (χ1n) is 10.3. The van der Waals surface area contributed by atoms with E-state index in [1.807, 2.05) is 18.2 Å². The van der Waals surface area contributed by atoms with E-state index in [-0.39, 0.29) is 23.5 Å². The summed E-state index contributed by atoms with van der Waals surface area (Å²) in [4.78, 5) is 12.3. The molecule has 4 rings (SSSR count). The zero-order valence-corrected chi connectivity index (χ0v) is 16.9. The minimum Gasteiger partial charge on any atom is -0.493 e. The Labute approximate surface area is 174 Å². The Kier molecular flexibility index (Phi) is 6.02. The van der Waals surface area contributed by atoms with Crippen LogP contribution in [0.15, 0.2) is 42.0 Å². The number of nitrogens with one attached hydrogen (secondary N) is 1. The number of hydrogen-bond donors (Lipinski definition) is 1. The molecule has 1 N–H and O–H groups in total. The molecule has 2 aliphatic rings. The topological polar surface area (TPSA) is 47.6 Å². The number of halogens is 2. The number of carbonyl (C=O) groups is 1. The van der Waals surface area contributed by atoms with Crippen molar-refractivity contribution in [2.24, 2.45) is 0 Å². The van der Waals surface area contributed by atoms with Crippen molar-refractivity contribution in [3.05, 3.63) is 64.7 Å². The van der Waals surface area contributed by atoms with E-state index in [1.54, 1.807) is 7.11 Å². The molecule has 1 heterocycles. The zero-order valence-electron chi connectivity index (χ0n) is 16.9. The van der Waals surface area contributed by atoms with E-state index in [4.69, 9.17) is 9.47 Å². The van der Waals surface area contributed by atoms with Gasteiger partial charge in [-0.1, -0.05) is 6.07 Å². The predicted molar refractivity (Wildman–Crippen MR) is 111 cm³/mol. The van der Waals surface area contributed by atoms with Gasteiger partial charge >= 0.3 is 0 Å². The maximum absolute atomic E-state index is 14.0. The Balaban J connectivity index is 1.58. The van der Waals surface area contributed by atoms with Gasteiger partial charge in [0.15, 0.2) is 11.5 Å².